The number of rotatable bonds is 5. The second kappa shape index (κ2) is 6.61. The molecule has 0 aliphatic heterocycles. The van der Waals surface area contributed by atoms with Crippen molar-refractivity contribution in [2.75, 3.05) is 25.5 Å². The molecule has 0 heterocycles. The van der Waals surface area contributed by atoms with Crippen LogP contribution in [0.25, 0.3) is 0 Å². The first-order chi connectivity index (χ1) is 8.11. The van der Waals surface area contributed by atoms with E-state index in [1.165, 1.54) is 18.2 Å². The Labute approximate surface area is 99.7 Å². The summed E-state index contributed by atoms with van der Waals surface area (Å²) in [4.78, 5) is 12.5. The van der Waals surface area contributed by atoms with E-state index < -0.39 is 0 Å². The number of carbonyl (C=O) groups is 1. The molecule has 0 saturated carbocycles. The standard InChI is InChI=1S/C12H14FN3O/c1-16(7-3-6-14)9-12(17)15-11-5-2-4-10(13)8-11/h2,4-5,8H,3,7,9H2,1H3,(H,15,17)/p+1. The Bertz CT molecular complexity index is 428. The number of carbonyl (C=O) groups excluding carboxylic acids is 1. The number of amides is 1. The molecule has 1 rings (SSSR count). The second-order valence-corrected chi connectivity index (χ2v) is 3.85. The van der Waals surface area contributed by atoms with E-state index in [9.17, 15) is 9.18 Å². The molecule has 0 radical (unpaired) electrons. The average molecular weight is 236 g/mol. The highest BCUT2D eigenvalue weighted by Crippen LogP contribution is 2.08. The zero-order valence-electron chi connectivity index (χ0n) is 9.66. The van der Waals surface area contributed by atoms with Crippen LogP contribution < -0.4 is 10.2 Å². The van der Waals surface area contributed by atoms with Gasteiger partial charge in [-0.1, -0.05) is 6.07 Å². The van der Waals surface area contributed by atoms with E-state index in [1.54, 1.807) is 6.07 Å². The molecule has 5 heteroatoms. The summed E-state index contributed by atoms with van der Waals surface area (Å²) in [7, 11) is 1.84. The second-order valence-electron chi connectivity index (χ2n) is 3.85. The molecule has 1 aromatic rings. The lowest BCUT2D eigenvalue weighted by Gasteiger charge is -2.11. The van der Waals surface area contributed by atoms with Crippen LogP contribution in [0, 0.1) is 17.1 Å². The number of benzene rings is 1. The number of anilines is 1. The van der Waals surface area contributed by atoms with Crippen LogP contribution in [-0.4, -0.2) is 26.0 Å². The summed E-state index contributed by atoms with van der Waals surface area (Å²) >= 11 is 0. The molecule has 0 aromatic heterocycles. The first-order valence-corrected chi connectivity index (χ1v) is 5.35. The number of halogens is 1. The summed E-state index contributed by atoms with van der Waals surface area (Å²) in [5.41, 5.74) is 0.447. The number of likely N-dealkylation sites (N-methyl/N-ethyl adjacent to an activating group) is 1. The van der Waals surface area contributed by atoms with Crippen molar-refractivity contribution >= 4 is 11.6 Å². The van der Waals surface area contributed by atoms with Gasteiger partial charge in [-0.15, -0.1) is 0 Å². The highest BCUT2D eigenvalue weighted by atomic mass is 19.1. The molecule has 0 fully saturated rings. The summed E-state index contributed by atoms with van der Waals surface area (Å²) < 4.78 is 12.9. The summed E-state index contributed by atoms with van der Waals surface area (Å²) in [6, 6.07) is 7.78. The van der Waals surface area contributed by atoms with Gasteiger partial charge in [-0.2, -0.15) is 5.26 Å². The van der Waals surface area contributed by atoms with Crippen LogP contribution in [0.1, 0.15) is 6.42 Å². The fourth-order valence-corrected chi connectivity index (χ4v) is 1.40. The quantitative estimate of drug-likeness (QED) is 0.767. The molecule has 2 N–H and O–H groups in total. The van der Waals surface area contributed by atoms with Crippen LogP contribution in [0.15, 0.2) is 24.3 Å². The molecule has 17 heavy (non-hydrogen) atoms. The zero-order valence-corrected chi connectivity index (χ0v) is 9.66. The van der Waals surface area contributed by atoms with Gasteiger partial charge in [-0.25, -0.2) is 4.39 Å². The molecular formula is C12H15FN3O+. The molecule has 0 bridgehead atoms. The van der Waals surface area contributed by atoms with Gasteiger partial charge >= 0.3 is 0 Å². The summed E-state index contributed by atoms with van der Waals surface area (Å²) in [6.07, 6.45) is 0.416. The molecular weight excluding hydrogens is 221 g/mol. The van der Waals surface area contributed by atoms with Crippen molar-refractivity contribution in [2.45, 2.75) is 6.42 Å². The molecule has 0 spiro atoms. The van der Waals surface area contributed by atoms with Gasteiger partial charge in [0, 0.05) is 5.69 Å². The molecule has 90 valence electrons. The van der Waals surface area contributed by atoms with E-state index in [2.05, 4.69) is 5.32 Å². The minimum atomic E-state index is -0.381. The van der Waals surface area contributed by atoms with Crippen molar-refractivity contribution < 1.29 is 14.1 Å². The largest absolute Gasteiger partial charge is 0.329 e. The normalized spacial score (nSPS) is 11.6. The van der Waals surface area contributed by atoms with Crippen LogP contribution in [0.5, 0.6) is 0 Å². The van der Waals surface area contributed by atoms with Crippen molar-refractivity contribution in [3.63, 3.8) is 0 Å². The van der Waals surface area contributed by atoms with Crippen molar-refractivity contribution in [1.82, 2.24) is 0 Å². The lowest BCUT2D eigenvalue weighted by Crippen LogP contribution is -3.10. The highest BCUT2D eigenvalue weighted by Gasteiger charge is 2.09. The minimum absolute atomic E-state index is 0.189. The van der Waals surface area contributed by atoms with Gasteiger partial charge in [0.2, 0.25) is 0 Å². The van der Waals surface area contributed by atoms with Crippen LogP contribution in [0.2, 0.25) is 0 Å². The third-order valence-electron chi connectivity index (χ3n) is 2.23. The fourth-order valence-electron chi connectivity index (χ4n) is 1.40. The van der Waals surface area contributed by atoms with E-state index in [-0.39, 0.29) is 18.3 Å². The van der Waals surface area contributed by atoms with Gasteiger partial charge in [0.05, 0.1) is 26.1 Å². The zero-order chi connectivity index (χ0) is 12.7. The lowest BCUT2D eigenvalue weighted by molar-refractivity contribution is -0.870. The third-order valence-corrected chi connectivity index (χ3v) is 2.23. The first kappa shape index (κ1) is 13.1. The first-order valence-electron chi connectivity index (χ1n) is 5.35. The fraction of sp³-hybridized carbons (Fsp3) is 0.333. The van der Waals surface area contributed by atoms with Crippen molar-refractivity contribution in [3.05, 3.63) is 30.1 Å². The van der Waals surface area contributed by atoms with Gasteiger partial charge in [-0.05, 0) is 18.2 Å². The Kier molecular flexibility index (Phi) is 5.11. The Morgan fingerprint density at radius 1 is 1.59 bits per heavy atom. The van der Waals surface area contributed by atoms with E-state index >= 15 is 0 Å². The summed E-state index contributed by atoms with van der Waals surface area (Å²) in [5.74, 6) is -0.570. The molecule has 1 aromatic carbocycles. The van der Waals surface area contributed by atoms with Gasteiger partial charge in [0.25, 0.3) is 5.91 Å². The Balaban J connectivity index is 2.42. The number of hydrogen-bond acceptors (Lipinski definition) is 2. The minimum Gasteiger partial charge on any atom is -0.329 e. The van der Waals surface area contributed by atoms with E-state index in [0.29, 0.717) is 18.7 Å². The number of nitrogens with zero attached hydrogens (tertiary/aromatic N) is 1. The van der Waals surface area contributed by atoms with Crippen LogP contribution in [-0.2, 0) is 4.79 Å². The molecule has 0 aliphatic rings. The molecule has 1 unspecified atom stereocenters. The summed E-state index contributed by atoms with van der Waals surface area (Å²) in [6.45, 7) is 0.880. The van der Waals surface area contributed by atoms with Crippen LogP contribution in [0.4, 0.5) is 10.1 Å². The molecule has 4 nitrogen and oxygen atoms in total. The number of quaternary nitrogens is 1. The smallest absolute Gasteiger partial charge is 0.279 e. The van der Waals surface area contributed by atoms with E-state index in [1.807, 2.05) is 13.1 Å². The van der Waals surface area contributed by atoms with Crippen molar-refractivity contribution in [3.8, 4) is 6.07 Å². The van der Waals surface area contributed by atoms with Crippen LogP contribution >= 0.6 is 0 Å². The number of nitrogens with one attached hydrogen (secondary N) is 2. The SMILES string of the molecule is C[NH+](CCC#N)CC(=O)Nc1cccc(F)c1. The third kappa shape index (κ3) is 5.09. The Hall–Kier alpha value is -1.93. The maximum Gasteiger partial charge on any atom is 0.279 e. The lowest BCUT2D eigenvalue weighted by atomic mass is 10.3. The molecule has 0 aliphatic carbocycles. The monoisotopic (exact) mass is 236 g/mol. The van der Waals surface area contributed by atoms with Gasteiger partial charge in [0.1, 0.15) is 5.82 Å². The van der Waals surface area contributed by atoms with Gasteiger partial charge in [-0.3, -0.25) is 4.79 Å². The molecule has 0 saturated heterocycles. The van der Waals surface area contributed by atoms with Crippen LogP contribution in [0.3, 0.4) is 0 Å². The van der Waals surface area contributed by atoms with E-state index in [0.717, 1.165) is 4.90 Å². The number of nitriles is 1. The highest BCUT2D eigenvalue weighted by molar-refractivity contribution is 5.91. The molecule has 1 amide bonds. The maximum atomic E-state index is 12.9. The maximum absolute atomic E-state index is 12.9. The van der Waals surface area contributed by atoms with Gasteiger partial charge < -0.3 is 10.2 Å². The number of hydrogen-bond donors (Lipinski definition) is 2. The predicted molar refractivity (Wildman–Crippen MR) is 61.9 cm³/mol. The predicted octanol–water partition coefficient (Wildman–Crippen LogP) is 0.193. The van der Waals surface area contributed by atoms with E-state index in [4.69, 9.17) is 5.26 Å². The Morgan fingerprint density at radius 2 is 2.35 bits per heavy atom. The summed E-state index contributed by atoms with van der Waals surface area (Å²) in [5, 5.41) is 11.0. The Morgan fingerprint density at radius 3 is 3.00 bits per heavy atom. The molecule has 1 atom stereocenters. The van der Waals surface area contributed by atoms with Crippen molar-refractivity contribution in [1.29, 1.82) is 5.26 Å². The topological polar surface area (TPSA) is 57.3 Å². The van der Waals surface area contributed by atoms with Crippen molar-refractivity contribution in [2.24, 2.45) is 0 Å². The van der Waals surface area contributed by atoms with Gasteiger partial charge in [0.15, 0.2) is 6.54 Å². The average Bonchev–Trinajstić information content (AvgIpc) is 2.26.